The van der Waals surface area contributed by atoms with Crippen molar-refractivity contribution < 1.29 is 0 Å². The zero-order chi connectivity index (χ0) is 12.3. The molecule has 0 saturated heterocycles. The molecule has 1 aromatic carbocycles. The summed E-state index contributed by atoms with van der Waals surface area (Å²) in [5.41, 5.74) is 16.5. The van der Waals surface area contributed by atoms with Gasteiger partial charge in [-0.3, -0.25) is 5.43 Å². The molecule has 1 aliphatic rings. The highest BCUT2D eigenvalue weighted by molar-refractivity contribution is 6.68. The number of aryl methyl sites for hydroxylation is 1. The van der Waals surface area contributed by atoms with Crippen LogP contribution in [0.1, 0.15) is 12.5 Å². The van der Waals surface area contributed by atoms with E-state index in [1.54, 1.807) is 0 Å². The average Bonchev–Trinajstić information content (AvgIpc) is 2.67. The van der Waals surface area contributed by atoms with Gasteiger partial charge in [0.05, 0.1) is 5.69 Å². The first kappa shape index (κ1) is 11.1. The van der Waals surface area contributed by atoms with Gasteiger partial charge in [0.2, 0.25) is 0 Å². The van der Waals surface area contributed by atoms with E-state index in [9.17, 15) is 0 Å². The zero-order valence-corrected chi connectivity index (χ0v) is 9.51. The first-order valence-electron chi connectivity index (χ1n) is 5.30. The van der Waals surface area contributed by atoms with Gasteiger partial charge in [0, 0.05) is 0 Å². The quantitative estimate of drug-likeness (QED) is 0.665. The van der Waals surface area contributed by atoms with Crippen LogP contribution in [-0.2, 0) is 6.42 Å². The standard InChI is InChI=1S/C11H14N6/c1-2-7-4-3-5-8(6-7)14-15-9-10(12)16-17-11(9)13/h3-6,14H,2H2,1H3,(H4,12,13,15,16,17). The summed E-state index contributed by atoms with van der Waals surface area (Å²) in [5.74, 6) is 0.447. The van der Waals surface area contributed by atoms with Crippen molar-refractivity contribution in [2.24, 2.45) is 26.8 Å². The highest BCUT2D eigenvalue weighted by Crippen LogP contribution is 2.11. The number of nitrogens with two attached hydrogens (primary N) is 2. The van der Waals surface area contributed by atoms with Crippen molar-refractivity contribution in [1.29, 1.82) is 0 Å². The third-order valence-electron chi connectivity index (χ3n) is 2.38. The highest BCUT2D eigenvalue weighted by atomic mass is 15.4. The molecule has 6 nitrogen and oxygen atoms in total. The molecule has 0 spiro atoms. The molecular weight excluding hydrogens is 216 g/mol. The van der Waals surface area contributed by atoms with Crippen LogP contribution in [0.5, 0.6) is 0 Å². The Hall–Kier alpha value is -2.37. The van der Waals surface area contributed by atoms with E-state index in [-0.39, 0.29) is 11.7 Å². The molecule has 2 rings (SSSR count). The lowest BCUT2D eigenvalue weighted by molar-refractivity contribution is 1.14. The van der Waals surface area contributed by atoms with Gasteiger partial charge in [-0.05, 0) is 24.1 Å². The van der Waals surface area contributed by atoms with Gasteiger partial charge in [-0.2, -0.15) is 5.10 Å². The maximum absolute atomic E-state index is 5.57. The van der Waals surface area contributed by atoms with Crippen molar-refractivity contribution in [1.82, 2.24) is 0 Å². The molecule has 0 saturated carbocycles. The Kier molecular flexibility index (Phi) is 3.04. The molecule has 1 aliphatic heterocycles. The van der Waals surface area contributed by atoms with Crippen LogP contribution >= 0.6 is 0 Å². The Morgan fingerprint density at radius 1 is 1.24 bits per heavy atom. The predicted octanol–water partition coefficient (Wildman–Crippen LogP) is 0.660. The van der Waals surface area contributed by atoms with Crippen LogP contribution in [0.15, 0.2) is 39.6 Å². The summed E-state index contributed by atoms with van der Waals surface area (Å²) in [6.45, 7) is 2.09. The molecule has 1 aromatic rings. The first-order chi connectivity index (χ1) is 8.20. The normalized spacial score (nSPS) is 14.3. The van der Waals surface area contributed by atoms with Crippen LogP contribution in [0.25, 0.3) is 0 Å². The summed E-state index contributed by atoms with van der Waals surface area (Å²) < 4.78 is 0. The summed E-state index contributed by atoms with van der Waals surface area (Å²) in [4.78, 5) is 0. The second-order valence-corrected chi connectivity index (χ2v) is 3.60. The minimum absolute atomic E-state index is 0.224. The fraction of sp³-hybridized carbons (Fsp3) is 0.182. The summed E-state index contributed by atoms with van der Waals surface area (Å²) in [6.07, 6.45) is 0.972. The third-order valence-corrected chi connectivity index (χ3v) is 2.38. The lowest BCUT2D eigenvalue weighted by Crippen LogP contribution is -2.32. The largest absolute Gasteiger partial charge is 0.380 e. The molecule has 0 aromatic heterocycles. The summed E-state index contributed by atoms with van der Waals surface area (Å²) in [6, 6.07) is 7.95. The lowest BCUT2D eigenvalue weighted by atomic mass is 10.1. The second-order valence-electron chi connectivity index (χ2n) is 3.60. The molecule has 0 amide bonds. The number of anilines is 1. The van der Waals surface area contributed by atoms with Gasteiger partial charge in [0.1, 0.15) is 0 Å². The summed E-state index contributed by atoms with van der Waals surface area (Å²) in [7, 11) is 0. The number of hydrazone groups is 1. The number of benzene rings is 1. The van der Waals surface area contributed by atoms with E-state index >= 15 is 0 Å². The van der Waals surface area contributed by atoms with Crippen molar-refractivity contribution in [3.8, 4) is 0 Å². The van der Waals surface area contributed by atoms with Crippen LogP contribution in [0, 0.1) is 0 Å². The van der Waals surface area contributed by atoms with Gasteiger partial charge in [0.25, 0.3) is 0 Å². The maximum Gasteiger partial charge on any atom is 0.177 e. The van der Waals surface area contributed by atoms with Gasteiger partial charge in [0.15, 0.2) is 17.4 Å². The fourth-order valence-corrected chi connectivity index (χ4v) is 1.43. The Bertz CT molecular complexity index is 494. The zero-order valence-electron chi connectivity index (χ0n) is 9.51. The van der Waals surface area contributed by atoms with Crippen LogP contribution in [0.3, 0.4) is 0 Å². The van der Waals surface area contributed by atoms with Crippen molar-refractivity contribution in [2.45, 2.75) is 13.3 Å². The van der Waals surface area contributed by atoms with Gasteiger partial charge in [-0.25, -0.2) is 0 Å². The smallest absolute Gasteiger partial charge is 0.177 e. The summed E-state index contributed by atoms with van der Waals surface area (Å²) >= 11 is 0. The van der Waals surface area contributed by atoms with E-state index in [0.29, 0.717) is 5.71 Å². The molecule has 6 heteroatoms. The lowest BCUT2D eigenvalue weighted by Gasteiger charge is -2.04. The molecule has 0 aliphatic carbocycles. The second kappa shape index (κ2) is 4.65. The first-order valence-corrected chi connectivity index (χ1v) is 5.30. The molecule has 0 atom stereocenters. The number of nitrogens with one attached hydrogen (secondary N) is 1. The van der Waals surface area contributed by atoms with Crippen LogP contribution in [-0.4, -0.2) is 17.4 Å². The molecule has 0 radical (unpaired) electrons. The number of hydrogen-bond donors (Lipinski definition) is 3. The van der Waals surface area contributed by atoms with E-state index in [0.717, 1.165) is 12.1 Å². The van der Waals surface area contributed by atoms with Gasteiger partial charge < -0.3 is 11.5 Å². The van der Waals surface area contributed by atoms with Crippen molar-refractivity contribution >= 4 is 23.1 Å². The van der Waals surface area contributed by atoms with E-state index in [4.69, 9.17) is 11.5 Å². The Morgan fingerprint density at radius 2 is 1.94 bits per heavy atom. The van der Waals surface area contributed by atoms with E-state index < -0.39 is 0 Å². The third kappa shape index (κ3) is 2.41. The molecule has 88 valence electrons. The van der Waals surface area contributed by atoms with Crippen LogP contribution in [0.4, 0.5) is 5.69 Å². The Morgan fingerprint density at radius 3 is 2.59 bits per heavy atom. The molecule has 1 heterocycles. The van der Waals surface area contributed by atoms with Crippen LogP contribution < -0.4 is 16.9 Å². The van der Waals surface area contributed by atoms with Gasteiger partial charge in [-0.1, -0.05) is 19.1 Å². The molecule has 5 N–H and O–H groups in total. The Balaban J connectivity index is 2.14. The molecular formula is C11H14N6. The number of hydrogen-bond acceptors (Lipinski definition) is 6. The monoisotopic (exact) mass is 230 g/mol. The number of rotatable bonds is 3. The van der Waals surface area contributed by atoms with E-state index in [1.165, 1.54) is 5.56 Å². The minimum Gasteiger partial charge on any atom is -0.380 e. The Labute approximate surface area is 99.1 Å². The molecule has 0 unspecified atom stereocenters. The molecule has 17 heavy (non-hydrogen) atoms. The van der Waals surface area contributed by atoms with E-state index in [1.807, 2.05) is 18.2 Å². The number of nitrogens with zero attached hydrogens (tertiary/aromatic N) is 3. The number of amidine groups is 2. The average molecular weight is 230 g/mol. The van der Waals surface area contributed by atoms with Crippen LogP contribution in [0.2, 0.25) is 0 Å². The van der Waals surface area contributed by atoms with Crippen molar-refractivity contribution in [3.63, 3.8) is 0 Å². The summed E-state index contributed by atoms with van der Waals surface area (Å²) in [5, 5.41) is 11.3. The van der Waals surface area contributed by atoms with Gasteiger partial charge in [-0.15, -0.1) is 10.2 Å². The minimum atomic E-state index is 0.224. The van der Waals surface area contributed by atoms with Gasteiger partial charge >= 0.3 is 0 Å². The molecule has 0 fully saturated rings. The highest BCUT2D eigenvalue weighted by Gasteiger charge is 2.16. The van der Waals surface area contributed by atoms with Crippen molar-refractivity contribution in [3.05, 3.63) is 29.8 Å². The molecule has 0 bridgehead atoms. The maximum atomic E-state index is 5.57. The van der Waals surface area contributed by atoms with Crippen molar-refractivity contribution in [2.75, 3.05) is 5.43 Å². The topological polar surface area (TPSA) is 101 Å². The predicted molar refractivity (Wildman–Crippen MR) is 70.1 cm³/mol. The fourth-order valence-electron chi connectivity index (χ4n) is 1.43. The van der Waals surface area contributed by atoms with E-state index in [2.05, 4.69) is 33.7 Å². The SMILES string of the molecule is CCc1cccc(NN=C2C(N)=NN=C2N)c1.